The number of ether oxygens (including phenoxy) is 3. The number of ketones is 1. The fourth-order valence-electron chi connectivity index (χ4n) is 6.39. The van der Waals surface area contributed by atoms with E-state index in [4.69, 9.17) is 24.2 Å². The van der Waals surface area contributed by atoms with E-state index in [0.717, 1.165) is 5.57 Å². The maximum absolute atomic E-state index is 13.7. The van der Waals surface area contributed by atoms with E-state index < -0.39 is 36.6 Å². The Morgan fingerprint density at radius 3 is 2.46 bits per heavy atom. The predicted octanol–water partition coefficient (Wildman–Crippen LogP) is 2.20. The minimum absolute atomic E-state index is 0.0229. The fourth-order valence-corrected chi connectivity index (χ4v) is 6.39. The van der Waals surface area contributed by atoms with Gasteiger partial charge < -0.3 is 29.5 Å². The van der Waals surface area contributed by atoms with Gasteiger partial charge in [-0.25, -0.2) is 0 Å². The topological polar surface area (TPSA) is 161 Å². The highest BCUT2D eigenvalue weighted by Gasteiger charge is 2.52. The molecule has 11 heteroatoms. The molecular formula is C28H45NO10. The third-order valence-electron chi connectivity index (χ3n) is 8.65. The molecule has 8 atom stereocenters. The van der Waals surface area contributed by atoms with Crippen molar-refractivity contribution >= 4 is 17.7 Å². The summed E-state index contributed by atoms with van der Waals surface area (Å²) >= 11 is 0. The van der Waals surface area contributed by atoms with Crippen molar-refractivity contribution in [1.82, 2.24) is 5.48 Å². The van der Waals surface area contributed by atoms with Gasteiger partial charge in [0.05, 0.1) is 44.9 Å². The molecule has 39 heavy (non-hydrogen) atoms. The van der Waals surface area contributed by atoms with Gasteiger partial charge in [-0.3, -0.25) is 24.7 Å². The van der Waals surface area contributed by atoms with Gasteiger partial charge >= 0.3 is 11.9 Å². The molecule has 1 saturated carbocycles. The monoisotopic (exact) mass is 555 g/mol. The van der Waals surface area contributed by atoms with Crippen LogP contribution in [0.5, 0.6) is 0 Å². The molecule has 3 aliphatic rings. The molecule has 4 N–H and O–H groups in total. The summed E-state index contributed by atoms with van der Waals surface area (Å²) in [4.78, 5) is 42.8. The van der Waals surface area contributed by atoms with E-state index in [2.05, 4.69) is 5.48 Å². The van der Waals surface area contributed by atoms with Crippen LogP contribution in [0.2, 0.25) is 0 Å². The van der Waals surface area contributed by atoms with Crippen molar-refractivity contribution in [3.8, 4) is 0 Å². The number of carboxylic acids is 1. The van der Waals surface area contributed by atoms with Gasteiger partial charge in [0.25, 0.3) is 0 Å². The third kappa shape index (κ3) is 7.79. The minimum atomic E-state index is -1.16. The fraction of sp³-hybridized carbons (Fsp3) is 0.821. The van der Waals surface area contributed by atoms with E-state index in [9.17, 15) is 24.6 Å². The predicted molar refractivity (Wildman–Crippen MR) is 139 cm³/mol. The number of aliphatic hydroxyl groups excluding tert-OH is 2. The van der Waals surface area contributed by atoms with Crippen molar-refractivity contribution in [2.24, 2.45) is 35.5 Å². The molecule has 8 unspecified atom stereocenters. The second-order valence-corrected chi connectivity index (χ2v) is 11.3. The van der Waals surface area contributed by atoms with E-state index in [1.165, 1.54) is 7.11 Å². The van der Waals surface area contributed by atoms with Gasteiger partial charge in [-0.05, 0) is 55.9 Å². The molecule has 1 saturated heterocycles. The number of Topliss-reactive ketones (excluding diaryl/α,β-unsaturated/α-hetero) is 1. The highest BCUT2D eigenvalue weighted by molar-refractivity contribution is 5.98. The Labute approximate surface area is 230 Å². The van der Waals surface area contributed by atoms with Crippen molar-refractivity contribution in [2.45, 2.75) is 84.0 Å². The van der Waals surface area contributed by atoms with Crippen molar-refractivity contribution in [3.05, 3.63) is 11.3 Å². The summed E-state index contributed by atoms with van der Waals surface area (Å²) in [5.41, 5.74) is 4.09. The van der Waals surface area contributed by atoms with E-state index in [1.807, 2.05) is 20.8 Å². The Bertz CT molecular complexity index is 886. The number of rotatable bonds is 13. The van der Waals surface area contributed by atoms with Gasteiger partial charge in [0.1, 0.15) is 18.6 Å². The van der Waals surface area contributed by atoms with Crippen LogP contribution in [-0.4, -0.2) is 78.5 Å². The molecule has 0 spiro atoms. The average Bonchev–Trinajstić information content (AvgIpc) is 2.90. The van der Waals surface area contributed by atoms with E-state index in [1.54, 1.807) is 0 Å². The molecule has 11 nitrogen and oxygen atoms in total. The molecule has 0 aromatic heterocycles. The lowest BCUT2D eigenvalue weighted by atomic mass is 9.58. The van der Waals surface area contributed by atoms with Gasteiger partial charge in [-0.15, -0.1) is 0 Å². The summed E-state index contributed by atoms with van der Waals surface area (Å²) < 4.78 is 17.3. The van der Waals surface area contributed by atoms with Crippen LogP contribution in [0.1, 0.15) is 65.7 Å². The minimum Gasteiger partial charge on any atom is -0.481 e. The summed E-state index contributed by atoms with van der Waals surface area (Å²) in [6.45, 7) is 6.83. The molecular weight excluding hydrogens is 510 g/mol. The number of aliphatic carboxylic acids is 1. The number of esters is 1. The van der Waals surface area contributed by atoms with Crippen LogP contribution in [0, 0.1) is 35.5 Å². The smallest absolute Gasteiger partial charge is 0.308 e. The zero-order valence-electron chi connectivity index (χ0n) is 23.5. The Kier molecular flexibility index (Phi) is 11.7. The molecule has 0 radical (unpaired) electrons. The molecule has 0 aromatic carbocycles. The summed E-state index contributed by atoms with van der Waals surface area (Å²) in [5.74, 6) is -2.78. The van der Waals surface area contributed by atoms with Crippen molar-refractivity contribution in [1.29, 1.82) is 0 Å². The lowest BCUT2D eigenvalue weighted by molar-refractivity contribution is -0.163. The second-order valence-electron chi connectivity index (χ2n) is 11.3. The first-order valence-electron chi connectivity index (χ1n) is 14.1. The Morgan fingerprint density at radius 2 is 1.85 bits per heavy atom. The number of carbonyl (C=O) groups excluding carboxylic acids is 2. The largest absolute Gasteiger partial charge is 0.481 e. The number of fused-ring (bicyclic) bond motifs is 1. The number of carbonyl (C=O) groups is 3. The van der Waals surface area contributed by atoms with Crippen LogP contribution >= 0.6 is 0 Å². The maximum atomic E-state index is 13.7. The van der Waals surface area contributed by atoms with E-state index >= 15 is 0 Å². The van der Waals surface area contributed by atoms with Crippen LogP contribution in [0.3, 0.4) is 0 Å². The first kappa shape index (κ1) is 31.5. The quantitative estimate of drug-likeness (QED) is 0.195. The van der Waals surface area contributed by atoms with E-state index in [0.29, 0.717) is 44.6 Å². The summed E-state index contributed by atoms with van der Waals surface area (Å²) in [5, 5.41) is 29.5. The molecule has 0 amide bonds. The number of allylic oxidation sites excluding steroid dienone is 1. The zero-order valence-corrected chi connectivity index (χ0v) is 23.5. The van der Waals surface area contributed by atoms with Crippen LogP contribution in [-0.2, 0) is 33.4 Å². The zero-order chi connectivity index (χ0) is 28.7. The number of hydroxylamine groups is 1. The molecule has 1 aliphatic heterocycles. The normalized spacial score (nSPS) is 30.3. The highest BCUT2D eigenvalue weighted by Crippen LogP contribution is 2.51. The first-order valence-corrected chi connectivity index (χ1v) is 14.1. The summed E-state index contributed by atoms with van der Waals surface area (Å²) in [6.07, 6.45) is -0.408. The Morgan fingerprint density at radius 1 is 1.15 bits per heavy atom. The Balaban J connectivity index is 1.95. The number of hydrogen-bond donors (Lipinski definition) is 4. The van der Waals surface area contributed by atoms with Crippen molar-refractivity contribution in [2.75, 3.05) is 27.1 Å². The molecule has 1 heterocycles. The first-order chi connectivity index (χ1) is 18.6. The highest BCUT2D eigenvalue weighted by atomic mass is 16.7. The second kappa shape index (κ2) is 14.5. The third-order valence-corrected chi connectivity index (χ3v) is 8.65. The van der Waals surface area contributed by atoms with Gasteiger partial charge in [-0.1, -0.05) is 20.8 Å². The van der Waals surface area contributed by atoms with Gasteiger partial charge in [0.2, 0.25) is 0 Å². The number of carboxylic acid groups (broad SMARTS) is 1. The molecule has 0 aromatic rings. The van der Waals surface area contributed by atoms with Crippen molar-refractivity contribution < 1.29 is 48.8 Å². The summed E-state index contributed by atoms with van der Waals surface area (Å²) in [6, 6.07) is 0. The number of nitrogens with one attached hydrogen (secondary N) is 1. The maximum Gasteiger partial charge on any atom is 0.308 e. The SMILES string of the molecule is CCC(C)C(=O)OC1CCC(C2COCOC2)C2=C(NOC)C(=O)C(C)C(CCC(O)CC(O)CC(=O)O)C21. The molecule has 3 rings (SSSR count). The molecule has 2 aliphatic carbocycles. The van der Waals surface area contributed by atoms with Crippen LogP contribution in [0.4, 0.5) is 0 Å². The molecule has 2 fully saturated rings. The number of hydrogen-bond acceptors (Lipinski definition) is 10. The lowest BCUT2D eigenvalue weighted by Crippen LogP contribution is -2.51. The van der Waals surface area contributed by atoms with Crippen molar-refractivity contribution in [3.63, 3.8) is 0 Å². The van der Waals surface area contributed by atoms with Gasteiger partial charge in [0, 0.05) is 17.8 Å². The van der Waals surface area contributed by atoms with Crippen LogP contribution < -0.4 is 5.48 Å². The molecule has 222 valence electrons. The number of aliphatic hydroxyl groups is 2. The van der Waals surface area contributed by atoms with Gasteiger partial charge in [-0.2, -0.15) is 0 Å². The van der Waals surface area contributed by atoms with Gasteiger partial charge in [0.15, 0.2) is 5.78 Å². The van der Waals surface area contributed by atoms with Crippen LogP contribution in [0.25, 0.3) is 0 Å². The lowest BCUT2D eigenvalue weighted by Gasteiger charge is -2.49. The standard InChI is InChI=1S/C28H45NO10/c1-5-15(2)28(35)39-22-9-8-21(17-12-37-14-38-13-17)25-24(22)20(16(3)27(34)26(25)29-36-4)7-6-18(30)10-19(31)11-23(32)33/h15-22,24,29-31H,5-14H2,1-4H3,(H,32,33). The van der Waals surface area contributed by atoms with E-state index in [-0.39, 0.29) is 61.0 Å². The average molecular weight is 556 g/mol. The molecule has 0 bridgehead atoms. The Hall–Kier alpha value is -2.05. The van der Waals surface area contributed by atoms with Crippen LogP contribution in [0.15, 0.2) is 11.3 Å². The summed E-state index contributed by atoms with van der Waals surface area (Å²) in [7, 11) is 1.45.